The van der Waals surface area contributed by atoms with Crippen molar-refractivity contribution in [1.82, 2.24) is 0 Å². The molecular formula is H5Br3ORh. The monoisotopic (exact) mass is 361 g/mol. The molecule has 0 spiro atoms. The molecule has 0 aromatic rings. The van der Waals surface area contributed by atoms with Gasteiger partial charge in [-0.1, -0.05) is 0 Å². The Labute approximate surface area is 75.3 Å². The first-order valence-corrected chi connectivity index (χ1v) is 0. The van der Waals surface area contributed by atoms with Crippen molar-refractivity contribution in [3.8, 4) is 0 Å². The minimum Gasteiger partial charge on any atom is -0.412 e. The van der Waals surface area contributed by atoms with E-state index in [-0.39, 0.29) is 75.9 Å². The van der Waals surface area contributed by atoms with E-state index in [1.807, 2.05) is 0 Å². The Hall–Kier alpha value is 2.02. The molecule has 1 radical (unpaired) electrons. The Morgan fingerprint density at radius 3 is 0.600 bits per heavy atom. The van der Waals surface area contributed by atoms with Crippen LogP contribution in [0.25, 0.3) is 0 Å². The van der Waals surface area contributed by atoms with Crippen molar-refractivity contribution in [2.24, 2.45) is 0 Å². The minimum atomic E-state index is 0. The summed E-state index contributed by atoms with van der Waals surface area (Å²) in [4.78, 5) is 0. The smallest absolute Gasteiger partial charge is 0 e. The summed E-state index contributed by atoms with van der Waals surface area (Å²) < 4.78 is 0. The second kappa shape index (κ2) is 37.1. The van der Waals surface area contributed by atoms with Crippen LogP contribution in [0.1, 0.15) is 0 Å². The molecule has 0 bridgehead atoms. The summed E-state index contributed by atoms with van der Waals surface area (Å²) in [6.07, 6.45) is 0. The van der Waals surface area contributed by atoms with Gasteiger partial charge in [-0.15, -0.1) is 50.9 Å². The van der Waals surface area contributed by atoms with Crippen molar-refractivity contribution in [3.05, 3.63) is 0 Å². The summed E-state index contributed by atoms with van der Waals surface area (Å²) in [6.45, 7) is 0. The second-order valence-electron chi connectivity index (χ2n) is 0. The van der Waals surface area contributed by atoms with Crippen molar-refractivity contribution in [2.45, 2.75) is 0 Å². The summed E-state index contributed by atoms with van der Waals surface area (Å²) in [7, 11) is 0. The van der Waals surface area contributed by atoms with Crippen LogP contribution in [0.15, 0.2) is 0 Å². The molecule has 5 heteroatoms. The van der Waals surface area contributed by atoms with Crippen LogP contribution in [0.2, 0.25) is 0 Å². The molecule has 0 aliphatic rings. The largest absolute Gasteiger partial charge is 0.412 e. The van der Waals surface area contributed by atoms with E-state index < -0.39 is 0 Å². The topological polar surface area (TPSA) is 31.5 Å². The fraction of sp³-hybridized carbons (Fsp3) is 0. The second-order valence-corrected chi connectivity index (χ2v) is 0. The normalized spacial score (nSPS) is 0. The maximum absolute atomic E-state index is 0. The molecule has 0 heterocycles. The van der Waals surface area contributed by atoms with Gasteiger partial charge >= 0.3 is 0 Å². The van der Waals surface area contributed by atoms with Gasteiger partial charge in [-0.2, -0.15) is 0 Å². The average Bonchev–Trinajstić information content (AvgIpc) is 0. The molecule has 0 unspecified atom stereocenters. The van der Waals surface area contributed by atoms with Gasteiger partial charge in [0.05, 0.1) is 0 Å². The first-order chi connectivity index (χ1) is 0. The Morgan fingerprint density at radius 1 is 0.600 bits per heavy atom. The van der Waals surface area contributed by atoms with E-state index in [1.54, 1.807) is 0 Å². The Kier molecular flexibility index (Phi) is 462. The van der Waals surface area contributed by atoms with Gasteiger partial charge in [0, 0.05) is 19.5 Å². The molecule has 0 rings (SSSR count). The predicted octanol–water partition coefficient (Wildman–Crippen LogP) is 0.906. The molecule has 0 amide bonds. The number of rotatable bonds is 0. The summed E-state index contributed by atoms with van der Waals surface area (Å²) in [5, 5.41) is 0. The summed E-state index contributed by atoms with van der Waals surface area (Å²) >= 11 is 0. The summed E-state index contributed by atoms with van der Waals surface area (Å²) in [5.74, 6) is 0. The van der Waals surface area contributed by atoms with Crippen LogP contribution in [0.4, 0.5) is 0 Å². The van der Waals surface area contributed by atoms with Gasteiger partial charge in [0.1, 0.15) is 0 Å². The third-order valence-electron chi connectivity index (χ3n) is 0. The van der Waals surface area contributed by atoms with Crippen LogP contribution in [0, 0.1) is 0 Å². The third kappa shape index (κ3) is 23.8. The van der Waals surface area contributed by atoms with Crippen LogP contribution < -0.4 is 0 Å². The Balaban J connectivity index is 0. The standard InChI is InChI=1S/3BrH.H2O.Rh/h3*1H;1H2;. The number of hydrogen-bond donors (Lipinski definition) is 0. The van der Waals surface area contributed by atoms with Crippen molar-refractivity contribution in [3.63, 3.8) is 0 Å². The number of halogens is 3. The molecule has 0 saturated heterocycles. The van der Waals surface area contributed by atoms with Gasteiger partial charge in [0.2, 0.25) is 0 Å². The zero-order chi connectivity index (χ0) is 0. The maximum Gasteiger partial charge on any atom is 0 e. The van der Waals surface area contributed by atoms with Crippen LogP contribution in [0.3, 0.4) is 0 Å². The molecule has 0 aliphatic heterocycles. The van der Waals surface area contributed by atoms with E-state index in [9.17, 15) is 0 Å². The summed E-state index contributed by atoms with van der Waals surface area (Å²) in [5.41, 5.74) is 0. The quantitative estimate of drug-likeness (QED) is 0.573. The Bertz CT molecular complexity index is 6.85. The third-order valence-corrected chi connectivity index (χ3v) is 0. The van der Waals surface area contributed by atoms with Gasteiger partial charge in [-0.05, 0) is 0 Å². The van der Waals surface area contributed by atoms with Gasteiger partial charge in [-0.25, -0.2) is 0 Å². The molecule has 41 valence electrons. The van der Waals surface area contributed by atoms with Crippen molar-refractivity contribution >= 4 is 50.9 Å². The van der Waals surface area contributed by atoms with E-state index in [1.165, 1.54) is 0 Å². The van der Waals surface area contributed by atoms with Crippen LogP contribution in [-0.4, -0.2) is 5.48 Å². The van der Waals surface area contributed by atoms with Crippen molar-refractivity contribution in [2.75, 3.05) is 0 Å². The summed E-state index contributed by atoms with van der Waals surface area (Å²) in [6, 6.07) is 0. The van der Waals surface area contributed by atoms with Gasteiger partial charge < -0.3 is 5.48 Å². The van der Waals surface area contributed by atoms with Gasteiger partial charge in [-0.3, -0.25) is 0 Å². The van der Waals surface area contributed by atoms with E-state index in [2.05, 4.69) is 0 Å². The predicted molar refractivity (Wildman–Crippen MR) is 34.6 cm³/mol. The molecule has 0 aromatic heterocycles. The first kappa shape index (κ1) is 62.2. The zero-order valence-electron chi connectivity index (χ0n) is 2.06. The molecule has 0 aliphatic carbocycles. The molecule has 0 fully saturated rings. The van der Waals surface area contributed by atoms with Gasteiger partial charge in [0.25, 0.3) is 0 Å². The average molecular weight is 364 g/mol. The molecular weight excluding hydrogens is 359 g/mol. The molecule has 0 saturated carbocycles. The van der Waals surface area contributed by atoms with Crippen molar-refractivity contribution < 1.29 is 25.0 Å². The molecule has 0 aromatic carbocycles. The zero-order valence-corrected chi connectivity index (χ0v) is 8.84. The van der Waals surface area contributed by atoms with Crippen LogP contribution in [-0.2, 0) is 19.5 Å². The number of hydrogen-bond acceptors (Lipinski definition) is 0. The van der Waals surface area contributed by atoms with Crippen LogP contribution >= 0.6 is 50.9 Å². The fourth-order valence-electron chi connectivity index (χ4n) is 0. The van der Waals surface area contributed by atoms with E-state index in [4.69, 9.17) is 0 Å². The van der Waals surface area contributed by atoms with E-state index in [0.717, 1.165) is 0 Å². The molecule has 0 atom stereocenters. The van der Waals surface area contributed by atoms with Crippen molar-refractivity contribution in [1.29, 1.82) is 0 Å². The maximum atomic E-state index is 0. The van der Waals surface area contributed by atoms with Crippen LogP contribution in [0.5, 0.6) is 0 Å². The SMILES string of the molecule is Br.Br.Br.O.[Rh]. The molecule has 2 N–H and O–H groups in total. The Morgan fingerprint density at radius 2 is 0.600 bits per heavy atom. The van der Waals surface area contributed by atoms with E-state index >= 15 is 0 Å². The molecule has 1 nitrogen and oxygen atoms in total. The minimum absolute atomic E-state index is 0. The van der Waals surface area contributed by atoms with Gasteiger partial charge in [0.15, 0.2) is 0 Å². The fourth-order valence-corrected chi connectivity index (χ4v) is 0. The van der Waals surface area contributed by atoms with E-state index in [0.29, 0.717) is 0 Å². The molecule has 5 heavy (non-hydrogen) atoms. The first-order valence-electron chi connectivity index (χ1n) is 0.